The predicted molar refractivity (Wildman–Crippen MR) is 77.2 cm³/mol. The van der Waals surface area contributed by atoms with E-state index in [1.54, 1.807) is 0 Å². The molecule has 0 saturated carbocycles. The Kier molecular flexibility index (Phi) is 3.79. The Hall–Kier alpha value is -1.73. The van der Waals surface area contributed by atoms with Crippen LogP contribution in [0.5, 0.6) is 0 Å². The summed E-state index contributed by atoms with van der Waals surface area (Å²) >= 11 is 1.24. The summed E-state index contributed by atoms with van der Waals surface area (Å²) in [4.78, 5) is 14.6. The molecule has 1 aromatic carbocycles. The number of nitrogens with zero attached hydrogens (tertiary/aromatic N) is 4. The first-order chi connectivity index (χ1) is 9.72. The zero-order chi connectivity index (χ0) is 13.9. The molecule has 1 aliphatic heterocycles. The Morgan fingerprint density at radius 1 is 1.20 bits per heavy atom. The Labute approximate surface area is 120 Å². The van der Waals surface area contributed by atoms with Crippen LogP contribution in [0.2, 0.25) is 0 Å². The number of carbonyl (C=O) groups is 1. The summed E-state index contributed by atoms with van der Waals surface area (Å²) in [6.45, 7) is 3.78. The maximum atomic E-state index is 10.8. The van der Waals surface area contributed by atoms with Gasteiger partial charge < -0.3 is 10.0 Å². The first kappa shape index (κ1) is 13.3. The Balaban J connectivity index is 1.53. The molecule has 2 heterocycles. The normalized spacial score (nSPS) is 16.7. The smallest absolute Gasteiger partial charge is 0.407 e. The lowest BCUT2D eigenvalue weighted by atomic mass is 10.1. The number of hydrogen-bond acceptors (Lipinski definition) is 5. The molecule has 20 heavy (non-hydrogen) atoms. The van der Waals surface area contributed by atoms with Crippen LogP contribution in [0.4, 0.5) is 4.79 Å². The number of benzene rings is 1. The fourth-order valence-corrected chi connectivity index (χ4v) is 2.95. The second-order valence-electron chi connectivity index (χ2n) is 4.95. The molecule has 1 aliphatic rings. The highest BCUT2D eigenvalue weighted by atomic mass is 32.1. The number of aromatic nitrogens is 2. The van der Waals surface area contributed by atoms with Crippen LogP contribution >= 0.6 is 11.7 Å². The zero-order valence-electron chi connectivity index (χ0n) is 11.0. The molecular weight excluding hydrogens is 276 g/mol. The summed E-state index contributed by atoms with van der Waals surface area (Å²) in [6.07, 6.45) is 0.145. The van der Waals surface area contributed by atoms with E-state index in [0.29, 0.717) is 13.1 Å². The zero-order valence-corrected chi connectivity index (χ0v) is 11.8. The van der Waals surface area contributed by atoms with Crippen molar-refractivity contribution in [1.29, 1.82) is 0 Å². The van der Waals surface area contributed by atoms with E-state index in [4.69, 9.17) is 5.11 Å². The fraction of sp³-hybridized carbons (Fsp3) is 0.462. The lowest BCUT2D eigenvalue weighted by Gasteiger charge is -2.33. The van der Waals surface area contributed by atoms with Crippen LogP contribution in [-0.4, -0.2) is 62.5 Å². The molecule has 7 heteroatoms. The van der Waals surface area contributed by atoms with Gasteiger partial charge in [-0.05, 0) is 24.1 Å². The Morgan fingerprint density at radius 2 is 1.95 bits per heavy atom. The van der Waals surface area contributed by atoms with Gasteiger partial charge in [0.1, 0.15) is 11.0 Å². The van der Waals surface area contributed by atoms with Crippen LogP contribution < -0.4 is 0 Å². The van der Waals surface area contributed by atoms with E-state index in [1.165, 1.54) is 22.2 Å². The molecule has 0 unspecified atom stereocenters. The molecule has 1 aromatic heterocycles. The minimum absolute atomic E-state index is 0.602. The highest BCUT2D eigenvalue weighted by Gasteiger charge is 2.19. The monoisotopic (exact) mass is 292 g/mol. The third-order valence-corrected chi connectivity index (χ3v) is 4.23. The van der Waals surface area contributed by atoms with E-state index in [-0.39, 0.29) is 0 Å². The van der Waals surface area contributed by atoms with Gasteiger partial charge in [-0.2, -0.15) is 8.75 Å². The molecule has 0 aliphatic carbocycles. The third kappa shape index (κ3) is 2.88. The SMILES string of the molecule is O=C(O)N1CCN(CCc2ccc3nsnc3c2)CC1. The molecular formula is C13H16N4O2S. The molecule has 0 spiro atoms. The van der Waals surface area contributed by atoms with E-state index in [2.05, 4.69) is 25.8 Å². The van der Waals surface area contributed by atoms with E-state index in [1.807, 2.05) is 6.07 Å². The second kappa shape index (κ2) is 5.72. The van der Waals surface area contributed by atoms with Gasteiger partial charge in [0.15, 0.2) is 0 Å². The van der Waals surface area contributed by atoms with Crippen LogP contribution in [-0.2, 0) is 6.42 Å². The first-order valence-electron chi connectivity index (χ1n) is 6.64. The lowest BCUT2D eigenvalue weighted by Crippen LogP contribution is -2.48. The van der Waals surface area contributed by atoms with Gasteiger partial charge in [-0.25, -0.2) is 4.79 Å². The first-order valence-corrected chi connectivity index (χ1v) is 7.37. The van der Waals surface area contributed by atoms with Crippen LogP contribution in [0.25, 0.3) is 11.0 Å². The summed E-state index contributed by atoms with van der Waals surface area (Å²) < 4.78 is 8.44. The Bertz CT molecular complexity index is 607. The number of rotatable bonds is 3. The van der Waals surface area contributed by atoms with Gasteiger partial charge in [-0.3, -0.25) is 4.90 Å². The predicted octanol–water partition coefficient (Wildman–Crippen LogP) is 1.53. The average Bonchev–Trinajstić information content (AvgIpc) is 2.93. The van der Waals surface area contributed by atoms with Crippen molar-refractivity contribution in [1.82, 2.24) is 18.5 Å². The van der Waals surface area contributed by atoms with Crippen molar-refractivity contribution in [3.63, 3.8) is 0 Å². The van der Waals surface area contributed by atoms with Gasteiger partial charge in [0.25, 0.3) is 0 Å². The molecule has 0 radical (unpaired) electrons. The number of carboxylic acid groups (broad SMARTS) is 1. The average molecular weight is 292 g/mol. The Morgan fingerprint density at radius 3 is 2.70 bits per heavy atom. The van der Waals surface area contributed by atoms with E-state index >= 15 is 0 Å². The van der Waals surface area contributed by atoms with Crippen molar-refractivity contribution >= 4 is 28.9 Å². The molecule has 106 valence electrons. The highest BCUT2D eigenvalue weighted by molar-refractivity contribution is 7.00. The molecule has 1 amide bonds. The summed E-state index contributed by atoms with van der Waals surface area (Å²) in [5, 5.41) is 8.91. The largest absolute Gasteiger partial charge is 0.465 e. The maximum absolute atomic E-state index is 10.8. The van der Waals surface area contributed by atoms with Gasteiger partial charge in [0.2, 0.25) is 0 Å². The van der Waals surface area contributed by atoms with E-state index in [0.717, 1.165) is 37.1 Å². The minimum Gasteiger partial charge on any atom is -0.465 e. The maximum Gasteiger partial charge on any atom is 0.407 e. The molecule has 3 rings (SSSR count). The number of amides is 1. The quantitative estimate of drug-likeness (QED) is 0.929. The van der Waals surface area contributed by atoms with Gasteiger partial charge in [-0.15, -0.1) is 0 Å². The molecule has 6 nitrogen and oxygen atoms in total. The lowest BCUT2D eigenvalue weighted by molar-refractivity contribution is 0.106. The van der Waals surface area contributed by atoms with E-state index in [9.17, 15) is 4.79 Å². The highest BCUT2D eigenvalue weighted by Crippen LogP contribution is 2.14. The number of piperazine rings is 1. The van der Waals surface area contributed by atoms with Gasteiger partial charge >= 0.3 is 6.09 Å². The van der Waals surface area contributed by atoms with Crippen molar-refractivity contribution in [2.75, 3.05) is 32.7 Å². The topological polar surface area (TPSA) is 69.6 Å². The van der Waals surface area contributed by atoms with Crippen LogP contribution in [0, 0.1) is 0 Å². The fourth-order valence-electron chi connectivity index (χ4n) is 2.43. The third-order valence-electron chi connectivity index (χ3n) is 3.68. The van der Waals surface area contributed by atoms with E-state index < -0.39 is 6.09 Å². The summed E-state index contributed by atoms with van der Waals surface area (Å²) in [5.74, 6) is 0. The molecule has 0 atom stereocenters. The summed E-state index contributed by atoms with van der Waals surface area (Å²) in [7, 11) is 0. The molecule has 0 bridgehead atoms. The van der Waals surface area contributed by atoms with Crippen molar-refractivity contribution in [2.24, 2.45) is 0 Å². The summed E-state index contributed by atoms with van der Waals surface area (Å²) in [5.41, 5.74) is 3.17. The number of hydrogen-bond donors (Lipinski definition) is 1. The summed E-state index contributed by atoms with van der Waals surface area (Å²) in [6, 6.07) is 6.19. The van der Waals surface area contributed by atoms with Crippen LogP contribution in [0.15, 0.2) is 18.2 Å². The van der Waals surface area contributed by atoms with Crippen LogP contribution in [0.3, 0.4) is 0 Å². The molecule has 1 saturated heterocycles. The van der Waals surface area contributed by atoms with Gasteiger partial charge in [-0.1, -0.05) is 6.07 Å². The van der Waals surface area contributed by atoms with Crippen molar-refractivity contribution in [3.8, 4) is 0 Å². The number of fused-ring (bicyclic) bond motifs is 1. The minimum atomic E-state index is -0.814. The van der Waals surface area contributed by atoms with Gasteiger partial charge in [0.05, 0.1) is 11.7 Å². The van der Waals surface area contributed by atoms with Gasteiger partial charge in [0, 0.05) is 32.7 Å². The van der Waals surface area contributed by atoms with Crippen molar-refractivity contribution in [2.45, 2.75) is 6.42 Å². The standard InChI is InChI=1S/C13H16N4O2S/c18-13(19)17-7-5-16(6-8-17)4-3-10-1-2-11-12(9-10)15-20-14-11/h1-2,9H,3-8H2,(H,18,19). The van der Waals surface area contributed by atoms with Crippen molar-refractivity contribution < 1.29 is 9.90 Å². The second-order valence-corrected chi connectivity index (χ2v) is 5.48. The van der Waals surface area contributed by atoms with Crippen molar-refractivity contribution in [3.05, 3.63) is 23.8 Å². The molecule has 2 aromatic rings. The van der Waals surface area contributed by atoms with Crippen LogP contribution in [0.1, 0.15) is 5.56 Å². The molecule has 1 N–H and O–H groups in total. The molecule has 1 fully saturated rings.